The van der Waals surface area contributed by atoms with E-state index in [0.717, 1.165) is 27.1 Å². The van der Waals surface area contributed by atoms with E-state index in [0.29, 0.717) is 13.2 Å². The molecule has 1 N–H and O–H groups in total. The highest BCUT2D eigenvalue weighted by Crippen LogP contribution is 2.25. The Morgan fingerprint density at radius 2 is 2.00 bits per heavy atom. The minimum atomic E-state index is -0.853. The highest BCUT2D eigenvalue weighted by molar-refractivity contribution is 9.10. The third-order valence-corrected chi connectivity index (χ3v) is 5.51. The van der Waals surface area contributed by atoms with E-state index in [1.54, 1.807) is 13.1 Å². The smallest absolute Gasteiger partial charge is 0.245 e. The summed E-state index contributed by atoms with van der Waals surface area (Å²) >= 11 is 3.59. The van der Waals surface area contributed by atoms with Crippen LogP contribution in [0.4, 0.5) is 0 Å². The molecule has 0 atom stereocenters. The van der Waals surface area contributed by atoms with E-state index < -0.39 is 5.79 Å². The third-order valence-electron chi connectivity index (χ3n) is 4.66. The summed E-state index contributed by atoms with van der Waals surface area (Å²) in [5.41, 5.74) is 7.91. The van der Waals surface area contributed by atoms with Crippen molar-refractivity contribution in [2.45, 2.75) is 39.9 Å². The topological polar surface area (TPSA) is 64.9 Å². The molecule has 1 aromatic carbocycles. The maximum absolute atomic E-state index is 12.0. The van der Waals surface area contributed by atoms with Gasteiger partial charge >= 0.3 is 0 Å². The summed E-state index contributed by atoms with van der Waals surface area (Å²) < 4.78 is 14.1. The molecule has 1 amide bonds. The molecule has 144 valence electrons. The van der Waals surface area contributed by atoms with E-state index in [9.17, 15) is 4.79 Å². The fraction of sp³-hybridized carbons (Fsp3) is 0.400. The average Bonchev–Trinajstić information content (AvgIpc) is 3.14. The molecule has 0 spiro atoms. The van der Waals surface area contributed by atoms with E-state index in [-0.39, 0.29) is 12.3 Å². The minimum Gasteiger partial charge on any atom is -0.347 e. The first-order valence-corrected chi connectivity index (χ1v) is 9.64. The summed E-state index contributed by atoms with van der Waals surface area (Å²) in [6.07, 6.45) is 1.78. The van der Waals surface area contributed by atoms with Crippen LogP contribution < -0.4 is 5.43 Å². The van der Waals surface area contributed by atoms with Gasteiger partial charge < -0.3 is 14.0 Å². The Bertz CT molecular complexity index is 883. The van der Waals surface area contributed by atoms with Crippen LogP contribution >= 0.6 is 15.9 Å². The molecule has 2 aromatic rings. The molecule has 0 saturated carbocycles. The van der Waals surface area contributed by atoms with E-state index in [4.69, 9.17) is 9.47 Å². The molecule has 1 aliphatic rings. The van der Waals surface area contributed by atoms with Gasteiger partial charge in [0.25, 0.3) is 0 Å². The van der Waals surface area contributed by atoms with Gasteiger partial charge in [0.05, 0.1) is 25.8 Å². The second-order valence-electron chi connectivity index (χ2n) is 6.90. The lowest BCUT2D eigenvalue weighted by Crippen LogP contribution is -2.33. The molecular formula is C20H24BrN3O3. The Morgan fingerprint density at radius 3 is 2.67 bits per heavy atom. The van der Waals surface area contributed by atoms with Crippen molar-refractivity contribution in [3.63, 3.8) is 0 Å². The normalized spacial score (nSPS) is 16.2. The van der Waals surface area contributed by atoms with Gasteiger partial charge in [-0.05, 0) is 51.5 Å². The number of benzene rings is 1. The van der Waals surface area contributed by atoms with Gasteiger partial charge in [-0.1, -0.05) is 22.0 Å². The monoisotopic (exact) mass is 433 g/mol. The molecule has 2 heterocycles. The molecule has 1 fully saturated rings. The number of nitrogens with one attached hydrogen (secondary N) is 1. The fourth-order valence-electron chi connectivity index (χ4n) is 3.20. The lowest BCUT2D eigenvalue weighted by Gasteiger charge is -2.20. The van der Waals surface area contributed by atoms with Crippen LogP contribution in [-0.4, -0.2) is 35.7 Å². The van der Waals surface area contributed by atoms with Gasteiger partial charge in [0, 0.05) is 27.1 Å². The Labute approximate surface area is 167 Å². The summed E-state index contributed by atoms with van der Waals surface area (Å²) in [5, 5.41) is 4.10. The van der Waals surface area contributed by atoms with E-state index in [2.05, 4.69) is 56.1 Å². The molecule has 0 radical (unpaired) electrons. The van der Waals surface area contributed by atoms with Crippen LogP contribution in [0.25, 0.3) is 5.69 Å². The number of carbonyl (C=O) groups is 1. The van der Waals surface area contributed by atoms with Crippen molar-refractivity contribution in [1.82, 2.24) is 9.99 Å². The fourth-order valence-corrected chi connectivity index (χ4v) is 3.57. The van der Waals surface area contributed by atoms with Crippen LogP contribution in [0.1, 0.15) is 35.9 Å². The first-order chi connectivity index (χ1) is 12.8. The summed E-state index contributed by atoms with van der Waals surface area (Å²) in [6.45, 7) is 8.92. The Morgan fingerprint density at radius 1 is 1.30 bits per heavy atom. The number of nitrogens with zero attached hydrogens (tertiary/aromatic N) is 2. The molecule has 0 unspecified atom stereocenters. The lowest BCUT2D eigenvalue weighted by atomic mass is 10.2. The van der Waals surface area contributed by atoms with Gasteiger partial charge in [-0.25, -0.2) is 5.43 Å². The van der Waals surface area contributed by atoms with Crippen molar-refractivity contribution in [2.75, 3.05) is 13.2 Å². The van der Waals surface area contributed by atoms with Crippen molar-refractivity contribution >= 4 is 28.1 Å². The first kappa shape index (κ1) is 19.8. The number of ether oxygens (including phenoxy) is 2. The zero-order valence-electron chi connectivity index (χ0n) is 16.0. The van der Waals surface area contributed by atoms with Crippen molar-refractivity contribution in [1.29, 1.82) is 0 Å². The number of aryl methyl sites for hydroxylation is 2. The molecule has 0 aliphatic carbocycles. The summed E-state index contributed by atoms with van der Waals surface area (Å²) in [7, 11) is 0. The zero-order chi connectivity index (χ0) is 19.6. The predicted molar refractivity (Wildman–Crippen MR) is 108 cm³/mol. The molecule has 0 bridgehead atoms. The number of hydrogen-bond donors (Lipinski definition) is 1. The van der Waals surface area contributed by atoms with Gasteiger partial charge in [-0.15, -0.1) is 0 Å². The van der Waals surface area contributed by atoms with E-state index in [1.165, 1.54) is 5.56 Å². The molecule has 1 saturated heterocycles. The van der Waals surface area contributed by atoms with Crippen LogP contribution in [-0.2, 0) is 14.3 Å². The molecule has 27 heavy (non-hydrogen) atoms. The SMILES string of the molecule is Cc1ccc(-n2c(C)cc(C=NNC(=O)CC3(C)OCCO3)c2C)cc1Br. The van der Waals surface area contributed by atoms with Crippen LogP contribution in [0.2, 0.25) is 0 Å². The van der Waals surface area contributed by atoms with Gasteiger partial charge in [0.1, 0.15) is 0 Å². The third kappa shape index (κ3) is 4.48. The molecule has 1 aromatic heterocycles. The van der Waals surface area contributed by atoms with Crippen LogP contribution in [0, 0.1) is 20.8 Å². The second kappa shape index (κ2) is 7.96. The number of hydrogen-bond acceptors (Lipinski definition) is 4. The maximum Gasteiger partial charge on any atom is 0.245 e. The molecule has 6 nitrogen and oxygen atoms in total. The van der Waals surface area contributed by atoms with Crippen LogP contribution in [0.15, 0.2) is 33.8 Å². The van der Waals surface area contributed by atoms with Crippen molar-refractivity contribution in [2.24, 2.45) is 5.10 Å². The quantitative estimate of drug-likeness (QED) is 0.576. The van der Waals surface area contributed by atoms with Gasteiger partial charge in [-0.3, -0.25) is 4.79 Å². The summed E-state index contributed by atoms with van der Waals surface area (Å²) in [5.74, 6) is -1.10. The predicted octanol–water partition coefficient (Wildman–Crippen LogP) is 3.77. The number of halogens is 1. The van der Waals surface area contributed by atoms with E-state index >= 15 is 0 Å². The lowest BCUT2D eigenvalue weighted by molar-refractivity contribution is -0.159. The number of carbonyl (C=O) groups excluding carboxylic acids is 1. The van der Waals surface area contributed by atoms with Gasteiger partial charge in [0.15, 0.2) is 5.79 Å². The maximum atomic E-state index is 12.0. The number of amides is 1. The molecule has 3 rings (SSSR count). The highest BCUT2D eigenvalue weighted by atomic mass is 79.9. The van der Waals surface area contributed by atoms with E-state index in [1.807, 2.05) is 19.9 Å². The van der Waals surface area contributed by atoms with Crippen LogP contribution in [0.5, 0.6) is 0 Å². The number of rotatable bonds is 5. The Kier molecular flexibility index (Phi) is 5.83. The Hall–Kier alpha value is -1.96. The standard InChI is InChI=1S/C20H24BrN3O3/c1-13-5-6-17(10-18(13)21)24-14(2)9-16(15(24)3)12-22-23-19(25)11-20(4)26-7-8-27-20/h5-6,9-10,12H,7-8,11H2,1-4H3,(H,23,25). The second-order valence-corrected chi connectivity index (χ2v) is 7.75. The molecule has 1 aliphatic heterocycles. The van der Waals surface area contributed by atoms with Crippen molar-refractivity contribution in [3.05, 3.63) is 51.3 Å². The molecular weight excluding hydrogens is 410 g/mol. The number of aromatic nitrogens is 1. The Balaban J connectivity index is 1.71. The van der Waals surface area contributed by atoms with Gasteiger partial charge in [0.2, 0.25) is 5.91 Å². The minimum absolute atomic E-state index is 0.112. The first-order valence-electron chi connectivity index (χ1n) is 8.84. The summed E-state index contributed by atoms with van der Waals surface area (Å²) in [4.78, 5) is 12.0. The van der Waals surface area contributed by atoms with Crippen LogP contribution in [0.3, 0.4) is 0 Å². The largest absolute Gasteiger partial charge is 0.347 e. The average molecular weight is 434 g/mol. The zero-order valence-corrected chi connectivity index (χ0v) is 17.6. The van der Waals surface area contributed by atoms with Crippen molar-refractivity contribution < 1.29 is 14.3 Å². The van der Waals surface area contributed by atoms with Crippen molar-refractivity contribution in [3.8, 4) is 5.69 Å². The summed E-state index contributed by atoms with van der Waals surface area (Å²) in [6, 6.07) is 8.31. The molecule has 7 heteroatoms. The highest BCUT2D eigenvalue weighted by Gasteiger charge is 2.33. The number of hydrazone groups is 1. The van der Waals surface area contributed by atoms with Gasteiger partial charge in [-0.2, -0.15) is 5.10 Å².